The lowest BCUT2D eigenvalue weighted by atomic mass is 10.2. The summed E-state index contributed by atoms with van der Waals surface area (Å²) in [6.45, 7) is 0. The molecule has 20 heavy (non-hydrogen) atoms. The lowest BCUT2D eigenvalue weighted by molar-refractivity contribution is 0.598. The van der Waals surface area contributed by atoms with Gasteiger partial charge in [0.05, 0.1) is 16.8 Å². The fourth-order valence-corrected chi connectivity index (χ4v) is 2.66. The van der Waals surface area contributed by atoms with Gasteiger partial charge in [-0.3, -0.25) is 9.71 Å². The fourth-order valence-electron chi connectivity index (χ4n) is 1.46. The van der Waals surface area contributed by atoms with E-state index in [4.69, 9.17) is 18.0 Å². The molecule has 0 saturated heterocycles. The predicted octanol–water partition coefficient (Wildman–Crippen LogP) is 1.66. The molecular formula is C12H10FN3O2S2. The van der Waals surface area contributed by atoms with E-state index in [-0.39, 0.29) is 15.6 Å². The number of hydrogen-bond acceptors (Lipinski definition) is 4. The molecule has 0 saturated carbocycles. The Kier molecular flexibility index (Phi) is 3.96. The quantitative estimate of drug-likeness (QED) is 0.839. The number of nitrogens with two attached hydrogens (primary N) is 1. The van der Waals surface area contributed by atoms with Crippen LogP contribution in [0.15, 0.2) is 47.6 Å². The molecule has 0 atom stereocenters. The van der Waals surface area contributed by atoms with Crippen LogP contribution >= 0.6 is 12.2 Å². The van der Waals surface area contributed by atoms with Crippen molar-refractivity contribution in [2.45, 2.75) is 4.90 Å². The zero-order valence-electron chi connectivity index (χ0n) is 10.1. The zero-order valence-corrected chi connectivity index (χ0v) is 11.7. The first-order valence-corrected chi connectivity index (χ1v) is 7.31. The smallest absolute Gasteiger partial charge is 0.261 e. The van der Waals surface area contributed by atoms with Gasteiger partial charge in [-0.2, -0.15) is 0 Å². The summed E-state index contributed by atoms with van der Waals surface area (Å²) in [6, 6.07) is 6.89. The number of aromatic nitrogens is 1. The number of thiocarbonyl (C=S) groups is 1. The van der Waals surface area contributed by atoms with Gasteiger partial charge in [0.15, 0.2) is 5.82 Å². The number of nitrogens with zero attached hydrogens (tertiary/aromatic N) is 1. The second-order valence-corrected chi connectivity index (χ2v) is 5.97. The van der Waals surface area contributed by atoms with E-state index in [1.165, 1.54) is 36.5 Å². The number of pyridine rings is 1. The molecule has 2 rings (SSSR count). The summed E-state index contributed by atoms with van der Waals surface area (Å²) in [5, 5.41) is 0. The van der Waals surface area contributed by atoms with E-state index < -0.39 is 15.8 Å². The maximum atomic E-state index is 13.4. The summed E-state index contributed by atoms with van der Waals surface area (Å²) in [5.41, 5.74) is 5.81. The molecular weight excluding hydrogens is 301 g/mol. The van der Waals surface area contributed by atoms with E-state index in [0.717, 1.165) is 6.20 Å². The van der Waals surface area contributed by atoms with Crippen molar-refractivity contribution in [3.63, 3.8) is 0 Å². The number of hydrogen-bond donors (Lipinski definition) is 2. The molecule has 0 unspecified atom stereocenters. The van der Waals surface area contributed by atoms with Crippen LogP contribution in [0.1, 0.15) is 5.56 Å². The molecule has 1 aromatic heterocycles. The van der Waals surface area contributed by atoms with Crippen LogP contribution in [0.3, 0.4) is 0 Å². The normalized spacial score (nSPS) is 11.1. The third-order valence-corrected chi connectivity index (χ3v) is 4.08. The first kappa shape index (κ1) is 14.4. The van der Waals surface area contributed by atoms with Crippen molar-refractivity contribution in [3.05, 3.63) is 54.1 Å². The third kappa shape index (κ3) is 3.09. The van der Waals surface area contributed by atoms with Crippen molar-refractivity contribution in [3.8, 4) is 0 Å². The van der Waals surface area contributed by atoms with Crippen molar-refractivity contribution >= 4 is 32.9 Å². The van der Waals surface area contributed by atoms with Crippen molar-refractivity contribution in [2.24, 2.45) is 5.73 Å². The number of nitrogens with one attached hydrogen (secondary N) is 1. The number of sulfonamides is 1. The van der Waals surface area contributed by atoms with Gasteiger partial charge < -0.3 is 5.73 Å². The average molecular weight is 311 g/mol. The largest absolute Gasteiger partial charge is 0.389 e. The Labute approximate surface area is 120 Å². The molecule has 1 aromatic carbocycles. The van der Waals surface area contributed by atoms with Crippen LogP contribution in [0, 0.1) is 5.82 Å². The standard InChI is InChI=1S/C12H10FN3O2S2/c13-10-7-15-6-5-11(10)16-20(17,18)9-3-1-8(2-4-9)12(14)19/h1-7H,(H2,14,19)(H,15,16). The summed E-state index contributed by atoms with van der Waals surface area (Å²) in [4.78, 5) is 3.69. The second kappa shape index (κ2) is 5.51. The van der Waals surface area contributed by atoms with Crippen LogP contribution in [0.4, 0.5) is 10.1 Å². The van der Waals surface area contributed by atoms with E-state index in [9.17, 15) is 12.8 Å². The lowest BCUT2D eigenvalue weighted by Crippen LogP contribution is -2.15. The van der Waals surface area contributed by atoms with E-state index in [1.54, 1.807) is 0 Å². The Balaban J connectivity index is 2.31. The van der Waals surface area contributed by atoms with E-state index >= 15 is 0 Å². The van der Waals surface area contributed by atoms with Crippen LogP contribution in [0.2, 0.25) is 0 Å². The summed E-state index contributed by atoms with van der Waals surface area (Å²) in [7, 11) is -3.88. The SMILES string of the molecule is NC(=S)c1ccc(S(=O)(=O)Nc2ccncc2F)cc1. The van der Waals surface area contributed by atoms with Crippen molar-refractivity contribution in [1.29, 1.82) is 0 Å². The molecule has 0 amide bonds. The number of anilines is 1. The van der Waals surface area contributed by atoms with Gasteiger partial charge in [-0.05, 0) is 18.2 Å². The van der Waals surface area contributed by atoms with Gasteiger partial charge in [0, 0.05) is 11.8 Å². The Morgan fingerprint density at radius 1 is 1.25 bits per heavy atom. The van der Waals surface area contributed by atoms with Crippen molar-refractivity contribution < 1.29 is 12.8 Å². The fraction of sp³-hybridized carbons (Fsp3) is 0. The van der Waals surface area contributed by atoms with Crippen LogP contribution in [0.25, 0.3) is 0 Å². The van der Waals surface area contributed by atoms with Crippen LogP contribution < -0.4 is 10.5 Å². The minimum Gasteiger partial charge on any atom is -0.389 e. The van der Waals surface area contributed by atoms with Gasteiger partial charge in [-0.15, -0.1) is 0 Å². The second-order valence-electron chi connectivity index (χ2n) is 3.85. The summed E-state index contributed by atoms with van der Waals surface area (Å²) in [6.07, 6.45) is 2.21. The monoisotopic (exact) mass is 311 g/mol. The molecule has 104 valence electrons. The van der Waals surface area contributed by atoms with Crippen LogP contribution in [0.5, 0.6) is 0 Å². The molecule has 0 aliphatic heterocycles. The van der Waals surface area contributed by atoms with Crippen LogP contribution in [-0.4, -0.2) is 18.4 Å². The predicted molar refractivity (Wildman–Crippen MR) is 77.3 cm³/mol. The minimum atomic E-state index is -3.88. The van der Waals surface area contributed by atoms with E-state index in [0.29, 0.717) is 5.56 Å². The zero-order chi connectivity index (χ0) is 14.8. The minimum absolute atomic E-state index is 0.0197. The molecule has 0 fully saturated rings. The molecule has 8 heteroatoms. The Bertz CT molecular complexity index is 746. The Morgan fingerprint density at radius 2 is 1.90 bits per heavy atom. The van der Waals surface area contributed by atoms with Crippen molar-refractivity contribution in [1.82, 2.24) is 4.98 Å². The highest BCUT2D eigenvalue weighted by Crippen LogP contribution is 2.18. The molecule has 5 nitrogen and oxygen atoms in total. The van der Waals surface area contributed by atoms with Crippen molar-refractivity contribution in [2.75, 3.05) is 4.72 Å². The molecule has 0 spiro atoms. The highest BCUT2D eigenvalue weighted by Gasteiger charge is 2.16. The van der Waals surface area contributed by atoms with E-state index in [2.05, 4.69) is 9.71 Å². The maximum Gasteiger partial charge on any atom is 0.261 e. The molecule has 0 aliphatic rings. The Morgan fingerprint density at radius 3 is 2.45 bits per heavy atom. The molecule has 0 bridgehead atoms. The number of rotatable bonds is 4. The molecule has 0 aliphatic carbocycles. The average Bonchev–Trinajstić information content (AvgIpc) is 2.41. The summed E-state index contributed by atoms with van der Waals surface area (Å²) >= 11 is 4.78. The molecule has 0 radical (unpaired) electrons. The highest BCUT2D eigenvalue weighted by atomic mass is 32.2. The van der Waals surface area contributed by atoms with Gasteiger partial charge in [-0.25, -0.2) is 12.8 Å². The topological polar surface area (TPSA) is 85.1 Å². The summed E-state index contributed by atoms with van der Waals surface area (Å²) < 4.78 is 39.7. The first-order chi connectivity index (χ1) is 9.40. The van der Waals surface area contributed by atoms with Gasteiger partial charge in [0.1, 0.15) is 4.99 Å². The highest BCUT2D eigenvalue weighted by molar-refractivity contribution is 7.92. The third-order valence-electron chi connectivity index (χ3n) is 2.47. The molecule has 3 N–H and O–H groups in total. The maximum absolute atomic E-state index is 13.4. The lowest BCUT2D eigenvalue weighted by Gasteiger charge is -2.09. The van der Waals surface area contributed by atoms with Crippen LogP contribution in [-0.2, 0) is 10.0 Å². The van der Waals surface area contributed by atoms with Gasteiger partial charge in [-0.1, -0.05) is 24.4 Å². The Hall–Kier alpha value is -2.06. The molecule has 1 heterocycles. The summed E-state index contributed by atoms with van der Waals surface area (Å²) in [5.74, 6) is -0.754. The van der Waals surface area contributed by atoms with Gasteiger partial charge in [0.25, 0.3) is 10.0 Å². The number of benzene rings is 1. The number of halogens is 1. The van der Waals surface area contributed by atoms with E-state index in [1.807, 2.05) is 0 Å². The molecule has 2 aromatic rings. The van der Waals surface area contributed by atoms with Gasteiger partial charge >= 0.3 is 0 Å². The first-order valence-electron chi connectivity index (χ1n) is 5.42. The van der Waals surface area contributed by atoms with Gasteiger partial charge in [0.2, 0.25) is 0 Å².